The maximum absolute atomic E-state index is 12.4. The van der Waals surface area contributed by atoms with Crippen LogP contribution < -0.4 is 4.80 Å². The zero-order valence-corrected chi connectivity index (χ0v) is 14.4. The molecule has 0 unspecified atom stereocenters. The molecule has 0 spiro atoms. The molecule has 0 N–H and O–H groups in total. The average Bonchev–Trinajstić information content (AvgIpc) is 3.24. The van der Waals surface area contributed by atoms with Gasteiger partial charge in [0.1, 0.15) is 0 Å². The first-order chi connectivity index (χ1) is 11.8. The summed E-state index contributed by atoms with van der Waals surface area (Å²) < 4.78 is 3.19. The molecule has 0 atom stereocenters. The van der Waals surface area contributed by atoms with Crippen LogP contribution in [0.2, 0.25) is 0 Å². The minimum atomic E-state index is -0.196. The van der Waals surface area contributed by atoms with E-state index in [-0.39, 0.29) is 5.91 Å². The largest absolute Gasteiger partial charge is 0.312 e. The lowest BCUT2D eigenvalue weighted by Crippen LogP contribution is -2.15. The Kier molecular flexibility index (Phi) is 3.88. The highest BCUT2D eigenvalue weighted by molar-refractivity contribution is 7.17. The molecule has 2 heterocycles. The van der Waals surface area contributed by atoms with Crippen molar-refractivity contribution in [2.75, 3.05) is 0 Å². The molecule has 1 amide bonds. The lowest BCUT2D eigenvalue weighted by Gasteiger charge is -2.02. The number of benzene rings is 2. The van der Waals surface area contributed by atoms with Crippen LogP contribution in [0, 0.1) is 0 Å². The Labute approximate surface area is 146 Å². The Morgan fingerprint density at radius 2 is 2.04 bits per heavy atom. The van der Waals surface area contributed by atoms with Crippen LogP contribution in [0.1, 0.15) is 9.67 Å². The molecular formula is C19H14N2OS2. The summed E-state index contributed by atoms with van der Waals surface area (Å²) in [6, 6.07) is 16.1. The Morgan fingerprint density at radius 1 is 1.17 bits per heavy atom. The van der Waals surface area contributed by atoms with Crippen LogP contribution in [-0.4, -0.2) is 10.5 Å². The standard InChI is InChI=1S/C19H14N2OS2/c1-2-11-21-15-10-9-13-6-3-4-7-14(13)17(15)24-19(21)20-18(22)16-8-5-12-23-16/h2-10,12H,1,11H2. The predicted molar refractivity (Wildman–Crippen MR) is 102 cm³/mol. The third-order valence-electron chi connectivity index (χ3n) is 3.81. The van der Waals surface area contributed by atoms with E-state index in [1.165, 1.54) is 22.1 Å². The van der Waals surface area contributed by atoms with Crippen molar-refractivity contribution in [1.82, 2.24) is 4.57 Å². The predicted octanol–water partition coefficient (Wildman–Crippen LogP) is 4.84. The van der Waals surface area contributed by atoms with Gasteiger partial charge in [-0.15, -0.1) is 17.9 Å². The Bertz CT molecular complexity index is 1120. The molecule has 0 bridgehead atoms. The van der Waals surface area contributed by atoms with Gasteiger partial charge in [0, 0.05) is 11.9 Å². The van der Waals surface area contributed by atoms with Gasteiger partial charge in [0.2, 0.25) is 0 Å². The van der Waals surface area contributed by atoms with Gasteiger partial charge in [-0.2, -0.15) is 4.99 Å². The third-order valence-corrected chi connectivity index (χ3v) is 5.80. The first kappa shape index (κ1) is 15.1. The van der Waals surface area contributed by atoms with Crippen LogP contribution in [0.3, 0.4) is 0 Å². The fourth-order valence-electron chi connectivity index (χ4n) is 2.73. The van der Waals surface area contributed by atoms with E-state index in [0.29, 0.717) is 16.2 Å². The summed E-state index contributed by atoms with van der Waals surface area (Å²) in [4.78, 5) is 18.1. The second-order valence-electron chi connectivity index (χ2n) is 5.31. The SMILES string of the molecule is C=CCn1c(=NC(=O)c2cccs2)sc2c3ccccc3ccc21. The fraction of sp³-hybridized carbons (Fsp3) is 0.0526. The molecule has 0 aliphatic carbocycles. The number of fused-ring (bicyclic) bond motifs is 3. The van der Waals surface area contributed by atoms with Crippen LogP contribution in [0.4, 0.5) is 0 Å². The van der Waals surface area contributed by atoms with E-state index < -0.39 is 0 Å². The van der Waals surface area contributed by atoms with Gasteiger partial charge in [0.05, 0.1) is 15.1 Å². The summed E-state index contributed by atoms with van der Waals surface area (Å²) in [6.45, 7) is 4.45. The molecule has 3 nitrogen and oxygen atoms in total. The summed E-state index contributed by atoms with van der Waals surface area (Å²) >= 11 is 2.96. The van der Waals surface area contributed by atoms with E-state index in [0.717, 1.165) is 10.2 Å². The fourth-order valence-corrected chi connectivity index (χ4v) is 4.51. The number of rotatable bonds is 3. The van der Waals surface area contributed by atoms with Gasteiger partial charge in [-0.25, -0.2) is 0 Å². The van der Waals surface area contributed by atoms with E-state index in [1.54, 1.807) is 17.4 Å². The van der Waals surface area contributed by atoms with Gasteiger partial charge in [-0.05, 0) is 22.9 Å². The Balaban J connectivity index is 2.00. The molecule has 2 aromatic carbocycles. The molecule has 0 fully saturated rings. The van der Waals surface area contributed by atoms with Crippen molar-refractivity contribution in [2.45, 2.75) is 6.54 Å². The summed E-state index contributed by atoms with van der Waals surface area (Å²) in [5.41, 5.74) is 1.08. The third kappa shape index (κ3) is 2.52. The molecule has 0 saturated carbocycles. The summed E-state index contributed by atoms with van der Waals surface area (Å²) in [7, 11) is 0. The van der Waals surface area contributed by atoms with Crippen LogP contribution in [0.15, 0.2) is 71.6 Å². The number of aromatic nitrogens is 1. The van der Waals surface area contributed by atoms with Gasteiger partial charge >= 0.3 is 0 Å². The Morgan fingerprint density at radius 3 is 2.83 bits per heavy atom. The molecule has 2 aromatic heterocycles. The molecule has 0 radical (unpaired) electrons. The van der Waals surface area contributed by atoms with Gasteiger partial charge in [-0.3, -0.25) is 4.79 Å². The van der Waals surface area contributed by atoms with Crippen LogP contribution in [-0.2, 0) is 6.54 Å². The number of carbonyl (C=O) groups excluding carboxylic acids is 1. The van der Waals surface area contributed by atoms with Gasteiger partial charge in [0.15, 0.2) is 4.80 Å². The van der Waals surface area contributed by atoms with E-state index in [2.05, 4.69) is 35.8 Å². The number of thiophene rings is 1. The zero-order valence-electron chi connectivity index (χ0n) is 12.8. The minimum Gasteiger partial charge on any atom is -0.312 e. The van der Waals surface area contributed by atoms with Crippen LogP contribution in [0.5, 0.6) is 0 Å². The number of hydrogen-bond acceptors (Lipinski definition) is 3. The van der Waals surface area contributed by atoms with E-state index in [9.17, 15) is 4.79 Å². The van der Waals surface area contributed by atoms with Crippen molar-refractivity contribution in [3.05, 3.63) is 76.2 Å². The normalized spacial score (nSPS) is 12.1. The first-order valence-corrected chi connectivity index (χ1v) is 9.22. The van der Waals surface area contributed by atoms with E-state index >= 15 is 0 Å². The van der Waals surface area contributed by atoms with Crippen molar-refractivity contribution in [1.29, 1.82) is 0 Å². The van der Waals surface area contributed by atoms with Gasteiger partial charge in [0.25, 0.3) is 5.91 Å². The van der Waals surface area contributed by atoms with E-state index in [4.69, 9.17) is 0 Å². The molecule has 4 rings (SSSR count). The van der Waals surface area contributed by atoms with Crippen molar-refractivity contribution < 1.29 is 4.79 Å². The monoisotopic (exact) mass is 350 g/mol. The van der Waals surface area contributed by atoms with Gasteiger partial charge < -0.3 is 4.57 Å². The highest BCUT2D eigenvalue weighted by atomic mass is 32.1. The molecule has 0 saturated heterocycles. The number of hydrogen-bond donors (Lipinski definition) is 0. The second-order valence-corrected chi connectivity index (χ2v) is 7.24. The molecular weight excluding hydrogens is 336 g/mol. The summed E-state index contributed by atoms with van der Waals surface area (Å²) in [5.74, 6) is -0.196. The summed E-state index contributed by atoms with van der Waals surface area (Å²) in [6.07, 6.45) is 1.83. The van der Waals surface area contributed by atoms with Crippen LogP contribution in [0.25, 0.3) is 21.0 Å². The maximum atomic E-state index is 12.4. The number of allylic oxidation sites excluding steroid dienone is 1. The molecule has 5 heteroatoms. The number of nitrogens with zero attached hydrogens (tertiary/aromatic N) is 2. The lowest BCUT2D eigenvalue weighted by atomic mass is 10.1. The average molecular weight is 350 g/mol. The van der Waals surface area contributed by atoms with Crippen molar-refractivity contribution >= 4 is 49.6 Å². The van der Waals surface area contributed by atoms with Gasteiger partial charge in [-0.1, -0.05) is 53.8 Å². The van der Waals surface area contributed by atoms with Crippen molar-refractivity contribution in [3.8, 4) is 0 Å². The molecule has 4 aromatic rings. The highest BCUT2D eigenvalue weighted by Crippen LogP contribution is 2.27. The molecule has 24 heavy (non-hydrogen) atoms. The first-order valence-electron chi connectivity index (χ1n) is 7.52. The molecule has 0 aliphatic rings. The van der Waals surface area contributed by atoms with E-state index in [1.807, 2.05) is 34.2 Å². The molecule has 118 valence electrons. The second kappa shape index (κ2) is 6.19. The number of amides is 1. The van der Waals surface area contributed by atoms with Crippen molar-refractivity contribution in [2.24, 2.45) is 4.99 Å². The smallest absolute Gasteiger partial charge is 0.289 e. The topological polar surface area (TPSA) is 34.4 Å². The highest BCUT2D eigenvalue weighted by Gasteiger charge is 2.11. The van der Waals surface area contributed by atoms with Crippen molar-refractivity contribution in [3.63, 3.8) is 0 Å². The zero-order chi connectivity index (χ0) is 16.5. The minimum absolute atomic E-state index is 0.196. The van der Waals surface area contributed by atoms with Crippen LogP contribution >= 0.6 is 22.7 Å². The summed E-state index contributed by atoms with van der Waals surface area (Å²) in [5, 5.41) is 4.26. The maximum Gasteiger partial charge on any atom is 0.289 e. The molecule has 0 aliphatic heterocycles. The number of carbonyl (C=O) groups is 1. The lowest BCUT2D eigenvalue weighted by molar-refractivity contribution is 0.100. The quantitative estimate of drug-likeness (QED) is 0.487. The number of thiazole rings is 1. The Hall–Kier alpha value is -2.50.